The molecule has 1 aliphatic heterocycles. The van der Waals surface area contributed by atoms with Gasteiger partial charge in [0.2, 0.25) is 5.95 Å². The van der Waals surface area contributed by atoms with Gasteiger partial charge in [-0.15, -0.1) is 0 Å². The lowest BCUT2D eigenvalue weighted by Gasteiger charge is -2.34. The van der Waals surface area contributed by atoms with Gasteiger partial charge in [0.25, 0.3) is 0 Å². The lowest BCUT2D eigenvalue weighted by molar-refractivity contribution is -0.117. The SMILES string of the molecule is COc1ccccc1[C@@H]1C2=C(C[C@@H](c3ccco3)CC2=O)Nc2nc(C)nn21. The number of hydrogen-bond donors (Lipinski definition) is 1. The number of rotatable bonds is 3. The molecule has 2 atom stereocenters. The summed E-state index contributed by atoms with van der Waals surface area (Å²) in [6, 6.07) is 11.2. The molecule has 0 amide bonds. The molecule has 1 aromatic carbocycles. The summed E-state index contributed by atoms with van der Waals surface area (Å²) in [4.78, 5) is 17.8. The van der Waals surface area contributed by atoms with E-state index in [0.717, 1.165) is 28.3 Å². The zero-order chi connectivity index (χ0) is 19.3. The molecule has 28 heavy (non-hydrogen) atoms. The molecule has 3 heterocycles. The predicted octanol–water partition coefficient (Wildman–Crippen LogP) is 3.60. The third-order valence-corrected chi connectivity index (χ3v) is 5.40. The van der Waals surface area contributed by atoms with Gasteiger partial charge in [0.05, 0.1) is 13.4 Å². The quantitative estimate of drug-likeness (QED) is 0.752. The van der Waals surface area contributed by atoms with E-state index in [-0.39, 0.29) is 17.7 Å². The Labute approximate surface area is 162 Å². The van der Waals surface area contributed by atoms with Gasteiger partial charge in [0.1, 0.15) is 23.4 Å². The zero-order valence-electron chi connectivity index (χ0n) is 15.7. The van der Waals surface area contributed by atoms with Gasteiger partial charge in [0.15, 0.2) is 5.78 Å². The Hall–Kier alpha value is -3.35. The number of benzene rings is 1. The van der Waals surface area contributed by atoms with Crippen LogP contribution in [0.25, 0.3) is 0 Å². The number of nitrogens with one attached hydrogen (secondary N) is 1. The molecule has 0 saturated carbocycles. The first-order valence-electron chi connectivity index (χ1n) is 9.28. The van der Waals surface area contributed by atoms with Gasteiger partial charge in [0, 0.05) is 29.2 Å². The van der Waals surface area contributed by atoms with Crippen molar-refractivity contribution in [2.75, 3.05) is 12.4 Å². The molecule has 0 fully saturated rings. The number of hydrogen-bond acceptors (Lipinski definition) is 6. The summed E-state index contributed by atoms with van der Waals surface area (Å²) in [6.45, 7) is 1.85. The summed E-state index contributed by atoms with van der Waals surface area (Å²) >= 11 is 0. The van der Waals surface area contributed by atoms with E-state index >= 15 is 0 Å². The number of fused-ring (bicyclic) bond motifs is 1. The first kappa shape index (κ1) is 16.8. The summed E-state index contributed by atoms with van der Waals surface area (Å²) in [5.74, 6) is 2.95. The molecular weight excluding hydrogens is 356 g/mol. The lowest BCUT2D eigenvalue weighted by atomic mass is 9.79. The third kappa shape index (κ3) is 2.54. The maximum atomic E-state index is 13.3. The predicted molar refractivity (Wildman–Crippen MR) is 102 cm³/mol. The van der Waals surface area contributed by atoms with Crippen molar-refractivity contribution in [3.05, 3.63) is 71.1 Å². The van der Waals surface area contributed by atoms with Gasteiger partial charge in [-0.25, -0.2) is 4.68 Å². The number of nitrogens with zero attached hydrogens (tertiary/aromatic N) is 3. The Morgan fingerprint density at radius 2 is 2.07 bits per heavy atom. The van der Waals surface area contributed by atoms with Crippen LogP contribution in [-0.4, -0.2) is 27.7 Å². The Bertz CT molecular complexity index is 1080. The fourth-order valence-electron chi connectivity index (χ4n) is 4.22. The highest BCUT2D eigenvalue weighted by molar-refractivity contribution is 6.00. The number of para-hydroxylation sites is 1. The Balaban J connectivity index is 1.66. The number of furan rings is 1. The summed E-state index contributed by atoms with van der Waals surface area (Å²) < 4.78 is 12.9. The standard InChI is InChI=1S/C21H20N4O3/c1-12-22-21-23-15-10-13(17-8-5-9-28-17)11-16(26)19(15)20(25(21)24-12)14-6-3-4-7-18(14)27-2/h3-9,13,20H,10-11H2,1-2H3,(H,22,23,24)/t13-,20-/m1/s1. The molecule has 0 radical (unpaired) electrons. The molecule has 2 aromatic heterocycles. The maximum Gasteiger partial charge on any atom is 0.226 e. The van der Waals surface area contributed by atoms with Gasteiger partial charge < -0.3 is 14.5 Å². The second kappa shape index (κ2) is 6.37. The maximum absolute atomic E-state index is 13.3. The smallest absolute Gasteiger partial charge is 0.226 e. The molecule has 0 spiro atoms. The van der Waals surface area contributed by atoms with Gasteiger partial charge in [-0.05, 0) is 31.5 Å². The van der Waals surface area contributed by atoms with Crippen LogP contribution in [0.5, 0.6) is 5.75 Å². The van der Waals surface area contributed by atoms with Gasteiger partial charge >= 0.3 is 0 Å². The van der Waals surface area contributed by atoms with Crippen LogP contribution < -0.4 is 10.1 Å². The van der Waals surface area contributed by atoms with Crippen molar-refractivity contribution in [1.82, 2.24) is 14.8 Å². The van der Waals surface area contributed by atoms with Crippen LogP contribution in [0.4, 0.5) is 5.95 Å². The van der Waals surface area contributed by atoms with E-state index in [1.165, 1.54) is 0 Å². The van der Waals surface area contributed by atoms with Crippen molar-refractivity contribution in [1.29, 1.82) is 0 Å². The average Bonchev–Trinajstić information content (AvgIpc) is 3.35. The van der Waals surface area contributed by atoms with Crippen LogP contribution in [0.1, 0.15) is 41.9 Å². The van der Waals surface area contributed by atoms with Crippen LogP contribution in [0.15, 0.2) is 58.3 Å². The Morgan fingerprint density at radius 3 is 2.86 bits per heavy atom. The van der Waals surface area contributed by atoms with E-state index in [9.17, 15) is 4.79 Å². The number of aromatic nitrogens is 3. The lowest BCUT2D eigenvalue weighted by Crippen LogP contribution is -2.33. The fourth-order valence-corrected chi connectivity index (χ4v) is 4.22. The molecule has 3 aromatic rings. The molecule has 7 heteroatoms. The first-order chi connectivity index (χ1) is 13.7. The third-order valence-electron chi connectivity index (χ3n) is 5.40. The normalized spacial score (nSPS) is 21.1. The van der Waals surface area contributed by atoms with Crippen molar-refractivity contribution in [2.24, 2.45) is 0 Å². The fraction of sp³-hybridized carbons (Fsp3) is 0.286. The topological polar surface area (TPSA) is 82.2 Å². The number of Topliss-reactive ketones (excluding diaryl/α,β-unsaturated/α-hetero) is 1. The minimum Gasteiger partial charge on any atom is -0.496 e. The molecule has 7 nitrogen and oxygen atoms in total. The monoisotopic (exact) mass is 376 g/mol. The molecular formula is C21H20N4O3. The number of carbonyl (C=O) groups is 1. The van der Waals surface area contributed by atoms with Gasteiger partial charge in [-0.1, -0.05) is 18.2 Å². The highest BCUT2D eigenvalue weighted by atomic mass is 16.5. The van der Waals surface area contributed by atoms with Crippen LogP contribution in [0.2, 0.25) is 0 Å². The summed E-state index contributed by atoms with van der Waals surface area (Å²) in [5, 5.41) is 7.91. The Morgan fingerprint density at radius 1 is 1.21 bits per heavy atom. The first-order valence-corrected chi connectivity index (χ1v) is 9.28. The second-order valence-corrected chi connectivity index (χ2v) is 7.13. The largest absolute Gasteiger partial charge is 0.496 e. The number of methoxy groups -OCH3 is 1. The number of carbonyl (C=O) groups excluding carboxylic acids is 1. The van der Waals surface area contributed by atoms with E-state index in [2.05, 4.69) is 15.4 Å². The average molecular weight is 376 g/mol. The van der Waals surface area contributed by atoms with E-state index in [1.54, 1.807) is 18.1 Å². The molecule has 0 bridgehead atoms. The summed E-state index contributed by atoms with van der Waals surface area (Å²) in [6.07, 6.45) is 2.74. The van der Waals surface area contributed by atoms with Gasteiger partial charge in [-0.3, -0.25) is 4.79 Å². The van der Waals surface area contributed by atoms with Crippen LogP contribution in [-0.2, 0) is 4.79 Å². The highest BCUT2D eigenvalue weighted by Crippen LogP contribution is 2.45. The van der Waals surface area contributed by atoms with Gasteiger partial charge in [-0.2, -0.15) is 10.1 Å². The second-order valence-electron chi connectivity index (χ2n) is 7.13. The molecule has 1 aliphatic carbocycles. The molecule has 5 rings (SSSR count). The van der Waals surface area contributed by atoms with Crippen LogP contribution in [0, 0.1) is 6.92 Å². The number of allylic oxidation sites excluding steroid dienone is 2. The molecule has 0 unspecified atom stereocenters. The number of ether oxygens (including phenoxy) is 1. The van der Waals surface area contributed by atoms with Crippen molar-refractivity contribution in [3.63, 3.8) is 0 Å². The van der Waals surface area contributed by atoms with Crippen molar-refractivity contribution in [2.45, 2.75) is 31.7 Å². The van der Waals surface area contributed by atoms with E-state index < -0.39 is 0 Å². The van der Waals surface area contributed by atoms with Crippen molar-refractivity contribution in [3.8, 4) is 5.75 Å². The van der Waals surface area contributed by atoms with Crippen LogP contribution in [0.3, 0.4) is 0 Å². The number of anilines is 1. The summed E-state index contributed by atoms with van der Waals surface area (Å²) in [5.41, 5.74) is 2.51. The number of aryl methyl sites for hydroxylation is 1. The minimum atomic E-state index is -0.367. The van der Waals surface area contributed by atoms with E-state index in [4.69, 9.17) is 9.15 Å². The zero-order valence-corrected chi connectivity index (χ0v) is 15.7. The molecule has 142 valence electrons. The number of ketones is 1. The Kier molecular flexibility index (Phi) is 3.82. The van der Waals surface area contributed by atoms with E-state index in [0.29, 0.717) is 24.6 Å². The van der Waals surface area contributed by atoms with Crippen LogP contribution >= 0.6 is 0 Å². The summed E-state index contributed by atoms with van der Waals surface area (Å²) in [7, 11) is 1.64. The van der Waals surface area contributed by atoms with Crippen molar-refractivity contribution >= 4 is 11.7 Å². The molecule has 1 N–H and O–H groups in total. The molecule has 0 saturated heterocycles. The van der Waals surface area contributed by atoms with E-state index in [1.807, 2.05) is 43.3 Å². The minimum absolute atomic E-state index is 0.0163. The van der Waals surface area contributed by atoms with Crippen molar-refractivity contribution < 1.29 is 13.9 Å². The molecule has 2 aliphatic rings. The highest BCUT2D eigenvalue weighted by Gasteiger charge is 2.41.